The Kier molecular flexibility index (Phi) is 6.50. The average molecular weight is 339 g/mol. The van der Waals surface area contributed by atoms with Gasteiger partial charge >= 0.3 is 5.69 Å². The molecular formula is C14H25N7O3. The first-order valence-corrected chi connectivity index (χ1v) is 8.08. The van der Waals surface area contributed by atoms with Crippen LogP contribution in [0.5, 0.6) is 0 Å². The summed E-state index contributed by atoms with van der Waals surface area (Å²) in [5, 5.41) is 14.4. The van der Waals surface area contributed by atoms with Crippen LogP contribution >= 0.6 is 0 Å². The fourth-order valence-corrected chi connectivity index (χ4v) is 2.63. The van der Waals surface area contributed by atoms with Crippen LogP contribution in [0.15, 0.2) is 0 Å². The first kappa shape index (κ1) is 18.1. The number of nitrogens with zero attached hydrogens (tertiary/aromatic N) is 5. The van der Waals surface area contributed by atoms with Crippen LogP contribution in [0.25, 0.3) is 0 Å². The van der Waals surface area contributed by atoms with Crippen molar-refractivity contribution >= 4 is 23.3 Å². The summed E-state index contributed by atoms with van der Waals surface area (Å²) in [5.41, 5.74) is 5.60. The molecule has 2 rings (SSSR count). The van der Waals surface area contributed by atoms with E-state index in [2.05, 4.69) is 27.1 Å². The monoisotopic (exact) mass is 339 g/mol. The molecule has 1 aliphatic rings. The van der Waals surface area contributed by atoms with Gasteiger partial charge in [-0.05, 0) is 13.0 Å². The summed E-state index contributed by atoms with van der Waals surface area (Å²) < 4.78 is 4.99. The minimum Gasteiger partial charge on any atom is -0.385 e. The molecule has 3 N–H and O–H groups in total. The predicted molar refractivity (Wildman–Crippen MR) is 92.4 cm³/mol. The first-order chi connectivity index (χ1) is 11.6. The molecule has 2 heterocycles. The smallest absolute Gasteiger partial charge is 0.353 e. The van der Waals surface area contributed by atoms with Gasteiger partial charge in [-0.2, -0.15) is 9.97 Å². The Hall–Kier alpha value is -2.20. The van der Waals surface area contributed by atoms with E-state index in [0.717, 1.165) is 26.1 Å². The van der Waals surface area contributed by atoms with E-state index in [0.29, 0.717) is 32.2 Å². The largest absolute Gasteiger partial charge is 0.385 e. The van der Waals surface area contributed by atoms with Crippen LogP contribution in [0.3, 0.4) is 0 Å². The average Bonchev–Trinajstić information content (AvgIpc) is 2.58. The molecule has 134 valence electrons. The summed E-state index contributed by atoms with van der Waals surface area (Å²) >= 11 is 0. The number of nitrogens with one attached hydrogen (secondary N) is 1. The Morgan fingerprint density at radius 3 is 2.62 bits per heavy atom. The summed E-state index contributed by atoms with van der Waals surface area (Å²) in [6.45, 7) is 7.32. The Bertz CT molecular complexity index is 562. The Balaban J connectivity index is 2.19. The van der Waals surface area contributed by atoms with Gasteiger partial charge in [0, 0.05) is 46.4 Å². The van der Waals surface area contributed by atoms with Crippen LogP contribution in [-0.2, 0) is 4.74 Å². The van der Waals surface area contributed by atoms with Crippen molar-refractivity contribution in [3.05, 3.63) is 10.1 Å². The van der Waals surface area contributed by atoms with E-state index in [4.69, 9.17) is 10.5 Å². The summed E-state index contributed by atoms with van der Waals surface area (Å²) in [5.74, 6) is 0.483. The molecule has 1 aromatic rings. The van der Waals surface area contributed by atoms with Crippen LogP contribution in [0.2, 0.25) is 0 Å². The molecule has 24 heavy (non-hydrogen) atoms. The van der Waals surface area contributed by atoms with Gasteiger partial charge in [0.05, 0.1) is 4.92 Å². The van der Waals surface area contributed by atoms with E-state index in [1.165, 1.54) is 0 Å². The van der Waals surface area contributed by atoms with Gasteiger partial charge in [-0.25, -0.2) is 0 Å². The van der Waals surface area contributed by atoms with Crippen LogP contribution < -0.4 is 16.0 Å². The number of nitrogens with two attached hydrogens (primary N) is 1. The molecule has 0 radical (unpaired) electrons. The van der Waals surface area contributed by atoms with Crippen LogP contribution in [0.1, 0.15) is 13.3 Å². The summed E-state index contributed by atoms with van der Waals surface area (Å²) in [7, 11) is 1.63. The standard InChI is InChI=1S/C14H25N7O3/c1-3-19-6-8-20(9-7-19)13-11(21(22)23)12(15)17-14(18-13)16-5-4-10-24-2/h3-10H2,1-2H3,(H3,15,16,17,18). The first-order valence-electron chi connectivity index (χ1n) is 8.08. The van der Waals surface area contributed by atoms with Gasteiger partial charge in [-0.15, -0.1) is 0 Å². The van der Waals surface area contributed by atoms with Crippen molar-refractivity contribution in [1.82, 2.24) is 14.9 Å². The number of nitro groups is 1. The second-order valence-corrected chi connectivity index (χ2v) is 5.56. The van der Waals surface area contributed by atoms with Crippen molar-refractivity contribution in [3.8, 4) is 0 Å². The van der Waals surface area contributed by atoms with E-state index in [1.807, 2.05) is 4.90 Å². The van der Waals surface area contributed by atoms with Crippen molar-refractivity contribution < 1.29 is 9.66 Å². The lowest BCUT2D eigenvalue weighted by Crippen LogP contribution is -2.46. The number of rotatable bonds is 8. The highest BCUT2D eigenvalue weighted by atomic mass is 16.6. The van der Waals surface area contributed by atoms with Crippen molar-refractivity contribution in [2.75, 3.05) is 68.9 Å². The lowest BCUT2D eigenvalue weighted by atomic mass is 10.3. The molecule has 0 aliphatic carbocycles. The molecule has 1 saturated heterocycles. The number of likely N-dealkylation sites (N-methyl/N-ethyl adjacent to an activating group) is 1. The fourth-order valence-electron chi connectivity index (χ4n) is 2.63. The zero-order valence-electron chi connectivity index (χ0n) is 14.2. The maximum absolute atomic E-state index is 11.4. The van der Waals surface area contributed by atoms with E-state index in [-0.39, 0.29) is 17.3 Å². The minimum absolute atomic E-state index is 0.114. The fraction of sp³-hybridized carbons (Fsp3) is 0.714. The van der Waals surface area contributed by atoms with Crippen molar-refractivity contribution in [3.63, 3.8) is 0 Å². The van der Waals surface area contributed by atoms with Crippen molar-refractivity contribution in [2.45, 2.75) is 13.3 Å². The maximum Gasteiger partial charge on any atom is 0.353 e. The summed E-state index contributed by atoms with van der Waals surface area (Å²) in [6.07, 6.45) is 0.779. The maximum atomic E-state index is 11.4. The molecule has 0 bridgehead atoms. The molecule has 0 amide bonds. The second-order valence-electron chi connectivity index (χ2n) is 5.56. The van der Waals surface area contributed by atoms with Gasteiger partial charge in [-0.1, -0.05) is 6.92 Å². The third kappa shape index (κ3) is 4.42. The van der Waals surface area contributed by atoms with Crippen LogP contribution in [0.4, 0.5) is 23.3 Å². The lowest BCUT2D eigenvalue weighted by molar-refractivity contribution is -0.383. The molecule has 0 unspecified atom stereocenters. The molecule has 1 aliphatic heterocycles. The van der Waals surface area contributed by atoms with E-state index < -0.39 is 4.92 Å². The highest BCUT2D eigenvalue weighted by Crippen LogP contribution is 2.32. The van der Waals surface area contributed by atoms with E-state index >= 15 is 0 Å². The van der Waals surface area contributed by atoms with Gasteiger partial charge < -0.3 is 25.6 Å². The second kappa shape index (κ2) is 8.60. The molecule has 0 atom stereocenters. The number of piperazine rings is 1. The third-order valence-corrected chi connectivity index (χ3v) is 4.00. The summed E-state index contributed by atoms with van der Waals surface area (Å²) in [6, 6.07) is 0. The molecular weight excluding hydrogens is 314 g/mol. The van der Waals surface area contributed by atoms with Crippen molar-refractivity contribution in [1.29, 1.82) is 0 Å². The quantitative estimate of drug-likeness (QED) is 0.397. The topological polar surface area (TPSA) is 123 Å². The number of anilines is 3. The van der Waals surface area contributed by atoms with Crippen molar-refractivity contribution in [2.24, 2.45) is 0 Å². The van der Waals surface area contributed by atoms with Crippen LogP contribution in [-0.4, -0.2) is 72.8 Å². The summed E-state index contributed by atoms with van der Waals surface area (Å²) in [4.78, 5) is 23.4. The number of ether oxygens (including phenoxy) is 1. The predicted octanol–water partition coefficient (Wildman–Crippen LogP) is 0.557. The molecule has 0 aromatic carbocycles. The Morgan fingerprint density at radius 1 is 1.33 bits per heavy atom. The highest BCUT2D eigenvalue weighted by molar-refractivity contribution is 5.71. The van der Waals surface area contributed by atoms with Gasteiger partial charge in [-0.3, -0.25) is 10.1 Å². The highest BCUT2D eigenvalue weighted by Gasteiger charge is 2.29. The number of hydrogen-bond acceptors (Lipinski definition) is 9. The normalized spacial score (nSPS) is 15.5. The molecule has 0 spiro atoms. The molecule has 1 fully saturated rings. The molecule has 10 heteroatoms. The van der Waals surface area contributed by atoms with E-state index in [9.17, 15) is 10.1 Å². The SMILES string of the molecule is CCN1CCN(c2nc(NCCCOC)nc(N)c2[N+](=O)[O-])CC1. The number of hydrogen-bond donors (Lipinski definition) is 2. The van der Waals surface area contributed by atoms with Gasteiger partial charge in [0.25, 0.3) is 0 Å². The van der Waals surface area contributed by atoms with Gasteiger partial charge in [0.2, 0.25) is 17.6 Å². The van der Waals surface area contributed by atoms with E-state index in [1.54, 1.807) is 7.11 Å². The van der Waals surface area contributed by atoms with Gasteiger partial charge in [0.15, 0.2) is 0 Å². The lowest BCUT2D eigenvalue weighted by Gasteiger charge is -2.34. The number of nitrogen functional groups attached to an aromatic ring is 1. The van der Waals surface area contributed by atoms with Gasteiger partial charge in [0.1, 0.15) is 0 Å². The molecule has 1 aromatic heterocycles. The minimum atomic E-state index is -0.508. The number of aromatic nitrogens is 2. The molecule has 10 nitrogen and oxygen atoms in total. The zero-order valence-corrected chi connectivity index (χ0v) is 14.2. The zero-order chi connectivity index (χ0) is 17.5. The Morgan fingerprint density at radius 2 is 2.04 bits per heavy atom. The third-order valence-electron chi connectivity index (χ3n) is 4.00. The molecule has 0 saturated carbocycles. The van der Waals surface area contributed by atoms with Crippen LogP contribution in [0, 0.1) is 10.1 Å². The number of methoxy groups -OCH3 is 1. The Labute approximate surface area is 141 Å².